The van der Waals surface area contributed by atoms with Crippen LogP contribution in [0.4, 0.5) is 0 Å². The summed E-state index contributed by atoms with van der Waals surface area (Å²) in [5, 5.41) is 0. The molecule has 1 aromatic rings. The fourth-order valence-electron chi connectivity index (χ4n) is 1.59. The quantitative estimate of drug-likeness (QED) is 0.778. The van der Waals surface area contributed by atoms with Gasteiger partial charge in [-0.2, -0.15) is 0 Å². The Hall–Kier alpha value is -1.95. The number of hydrogen-bond acceptors (Lipinski definition) is 6. The zero-order chi connectivity index (χ0) is 12.4. The van der Waals surface area contributed by atoms with E-state index in [1.165, 1.54) is 14.2 Å². The number of fused-ring (bicyclic) bond motifs is 1. The third-order valence-corrected chi connectivity index (χ3v) is 2.49. The minimum Gasteiger partial charge on any atom is -0.493 e. The number of carbonyl (C=O) groups is 1. The van der Waals surface area contributed by atoms with Gasteiger partial charge >= 0.3 is 5.97 Å². The molecule has 6 nitrogen and oxygen atoms in total. The molecule has 0 amide bonds. The topological polar surface area (TPSA) is 80.0 Å². The Morgan fingerprint density at radius 3 is 2.82 bits per heavy atom. The molecule has 6 heteroatoms. The number of hydrogen-bond donors (Lipinski definition) is 1. The molecule has 1 aliphatic rings. The first-order chi connectivity index (χ1) is 8.17. The number of ether oxygens (including phenoxy) is 4. The van der Waals surface area contributed by atoms with Crippen molar-refractivity contribution in [2.45, 2.75) is 6.04 Å². The Bertz CT molecular complexity index is 446. The van der Waals surface area contributed by atoms with Crippen LogP contribution in [0.1, 0.15) is 11.6 Å². The molecule has 2 rings (SSSR count). The molecule has 0 saturated carbocycles. The van der Waals surface area contributed by atoms with Gasteiger partial charge in [0.05, 0.1) is 14.2 Å². The van der Waals surface area contributed by atoms with Crippen molar-refractivity contribution < 1.29 is 23.7 Å². The molecule has 0 unspecified atom stereocenters. The van der Waals surface area contributed by atoms with Crippen LogP contribution in [0.3, 0.4) is 0 Å². The lowest BCUT2D eigenvalue weighted by Crippen LogP contribution is -2.22. The van der Waals surface area contributed by atoms with Gasteiger partial charge in [-0.05, 0) is 17.7 Å². The average Bonchev–Trinajstić information content (AvgIpc) is 2.83. The molecular weight excluding hydrogens is 226 g/mol. The molecule has 0 saturated heterocycles. The standard InChI is InChI=1S/C11H13NO5/c1-14-7-3-6(9(12)11(13)15-2)4-8-10(7)17-5-16-8/h3-4,9H,5,12H2,1-2H3/t9-/m0/s1. The molecular formula is C11H13NO5. The third-order valence-electron chi connectivity index (χ3n) is 2.49. The van der Waals surface area contributed by atoms with Gasteiger partial charge in [-0.1, -0.05) is 0 Å². The summed E-state index contributed by atoms with van der Waals surface area (Å²) in [4.78, 5) is 11.4. The van der Waals surface area contributed by atoms with E-state index in [0.717, 1.165) is 0 Å². The number of esters is 1. The highest BCUT2D eigenvalue weighted by molar-refractivity contribution is 5.78. The lowest BCUT2D eigenvalue weighted by Gasteiger charge is -2.12. The normalized spacial score (nSPS) is 14.3. The van der Waals surface area contributed by atoms with E-state index in [9.17, 15) is 4.79 Å². The van der Waals surface area contributed by atoms with Crippen molar-refractivity contribution >= 4 is 5.97 Å². The maximum Gasteiger partial charge on any atom is 0.327 e. The molecule has 17 heavy (non-hydrogen) atoms. The van der Waals surface area contributed by atoms with Crippen LogP contribution >= 0.6 is 0 Å². The fraction of sp³-hybridized carbons (Fsp3) is 0.364. The largest absolute Gasteiger partial charge is 0.493 e. The minimum absolute atomic E-state index is 0.128. The molecule has 92 valence electrons. The summed E-state index contributed by atoms with van der Waals surface area (Å²) in [6, 6.07) is 2.41. The highest BCUT2D eigenvalue weighted by Crippen LogP contribution is 2.42. The Morgan fingerprint density at radius 2 is 2.18 bits per heavy atom. The molecule has 0 radical (unpaired) electrons. The van der Waals surface area contributed by atoms with Crippen LogP contribution in [0.2, 0.25) is 0 Å². The SMILES string of the molecule is COC(=O)[C@@H](N)c1cc(OC)c2c(c1)OCO2. The van der Waals surface area contributed by atoms with E-state index in [-0.39, 0.29) is 6.79 Å². The van der Waals surface area contributed by atoms with Crippen molar-refractivity contribution in [1.29, 1.82) is 0 Å². The lowest BCUT2D eigenvalue weighted by atomic mass is 10.1. The van der Waals surface area contributed by atoms with Gasteiger partial charge in [-0.3, -0.25) is 4.79 Å². The lowest BCUT2D eigenvalue weighted by molar-refractivity contribution is -0.142. The molecule has 1 atom stereocenters. The van der Waals surface area contributed by atoms with E-state index >= 15 is 0 Å². The highest BCUT2D eigenvalue weighted by atomic mass is 16.7. The van der Waals surface area contributed by atoms with Crippen molar-refractivity contribution in [2.75, 3.05) is 21.0 Å². The van der Waals surface area contributed by atoms with Gasteiger partial charge in [-0.15, -0.1) is 0 Å². The second-order valence-electron chi connectivity index (χ2n) is 3.46. The molecule has 1 heterocycles. The van der Waals surface area contributed by atoms with Crippen LogP contribution in [-0.2, 0) is 9.53 Å². The summed E-state index contributed by atoms with van der Waals surface area (Å²) in [7, 11) is 2.79. The Balaban J connectivity index is 2.39. The molecule has 1 aromatic carbocycles. The van der Waals surface area contributed by atoms with E-state index in [0.29, 0.717) is 22.8 Å². The van der Waals surface area contributed by atoms with E-state index in [2.05, 4.69) is 4.74 Å². The second kappa shape index (κ2) is 4.50. The van der Waals surface area contributed by atoms with Crippen molar-refractivity contribution in [3.63, 3.8) is 0 Å². The fourth-order valence-corrected chi connectivity index (χ4v) is 1.59. The summed E-state index contributed by atoms with van der Waals surface area (Å²) in [6.07, 6.45) is 0. The summed E-state index contributed by atoms with van der Waals surface area (Å²) in [5.41, 5.74) is 6.29. The third kappa shape index (κ3) is 1.99. The second-order valence-corrected chi connectivity index (χ2v) is 3.46. The average molecular weight is 239 g/mol. The van der Waals surface area contributed by atoms with Gasteiger partial charge in [0.15, 0.2) is 11.5 Å². The van der Waals surface area contributed by atoms with Gasteiger partial charge in [0.1, 0.15) is 6.04 Å². The highest BCUT2D eigenvalue weighted by Gasteiger charge is 2.24. The van der Waals surface area contributed by atoms with Crippen LogP contribution in [0, 0.1) is 0 Å². The van der Waals surface area contributed by atoms with Crippen LogP contribution in [-0.4, -0.2) is 27.0 Å². The first kappa shape index (κ1) is 11.5. The van der Waals surface area contributed by atoms with Crippen molar-refractivity contribution in [2.24, 2.45) is 5.73 Å². The molecule has 0 fully saturated rings. The number of nitrogens with two attached hydrogens (primary N) is 1. The first-order valence-corrected chi connectivity index (χ1v) is 4.98. The predicted octanol–water partition coefficient (Wildman–Crippen LogP) is 0.597. The smallest absolute Gasteiger partial charge is 0.327 e. The van der Waals surface area contributed by atoms with Crippen molar-refractivity contribution in [1.82, 2.24) is 0 Å². The molecule has 0 aliphatic carbocycles. The number of benzene rings is 1. The number of rotatable bonds is 3. The molecule has 0 bridgehead atoms. The summed E-state index contributed by atoms with van der Waals surface area (Å²) in [6.45, 7) is 0.128. The van der Waals surface area contributed by atoms with E-state index < -0.39 is 12.0 Å². The van der Waals surface area contributed by atoms with Crippen LogP contribution in [0.15, 0.2) is 12.1 Å². The van der Waals surface area contributed by atoms with Crippen LogP contribution in [0.25, 0.3) is 0 Å². The van der Waals surface area contributed by atoms with Crippen molar-refractivity contribution in [3.05, 3.63) is 17.7 Å². The molecule has 0 spiro atoms. The minimum atomic E-state index is -0.872. The van der Waals surface area contributed by atoms with Gasteiger partial charge in [0.25, 0.3) is 0 Å². The van der Waals surface area contributed by atoms with E-state index in [1.54, 1.807) is 12.1 Å². The number of methoxy groups -OCH3 is 2. The Labute approximate surface area is 98.2 Å². The number of carbonyl (C=O) groups excluding carboxylic acids is 1. The predicted molar refractivity (Wildman–Crippen MR) is 58.1 cm³/mol. The monoisotopic (exact) mass is 239 g/mol. The van der Waals surface area contributed by atoms with Crippen LogP contribution in [0.5, 0.6) is 17.2 Å². The maximum absolute atomic E-state index is 11.4. The Morgan fingerprint density at radius 1 is 1.41 bits per heavy atom. The zero-order valence-electron chi connectivity index (χ0n) is 9.56. The molecule has 2 N–H and O–H groups in total. The van der Waals surface area contributed by atoms with Gasteiger partial charge in [0, 0.05) is 0 Å². The summed E-state index contributed by atoms with van der Waals surface area (Å²) >= 11 is 0. The van der Waals surface area contributed by atoms with Gasteiger partial charge in [-0.25, -0.2) is 0 Å². The summed E-state index contributed by atoms with van der Waals surface area (Å²) in [5.74, 6) is 0.993. The van der Waals surface area contributed by atoms with Gasteiger partial charge < -0.3 is 24.7 Å². The van der Waals surface area contributed by atoms with Gasteiger partial charge in [0.2, 0.25) is 12.5 Å². The van der Waals surface area contributed by atoms with E-state index in [1.807, 2.05) is 0 Å². The summed E-state index contributed by atoms with van der Waals surface area (Å²) < 4.78 is 20.2. The van der Waals surface area contributed by atoms with Crippen LogP contribution < -0.4 is 19.9 Å². The first-order valence-electron chi connectivity index (χ1n) is 4.98. The Kier molecular flexibility index (Phi) is 3.06. The molecule has 1 aliphatic heterocycles. The zero-order valence-corrected chi connectivity index (χ0v) is 9.56. The van der Waals surface area contributed by atoms with Crippen molar-refractivity contribution in [3.8, 4) is 17.2 Å². The molecule has 0 aromatic heterocycles. The van der Waals surface area contributed by atoms with E-state index in [4.69, 9.17) is 19.9 Å². The maximum atomic E-state index is 11.4.